The van der Waals surface area contributed by atoms with E-state index in [-0.39, 0.29) is 6.42 Å². The first-order valence-corrected chi connectivity index (χ1v) is 7.16. The van der Waals surface area contributed by atoms with Gasteiger partial charge in [-0.2, -0.15) is 0 Å². The van der Waals surface area contributed by atoms with Gasteiger partial charge in [0.15, 0.2) is 0 Å². The molecule has 1 N–H and O–H groups in total. The molecule has 1 unspecified atom stereocenters. The molecular formula is C18H20F2O. The Morgan fingerprint density at radius 3 is 1.90 bits per heavy atom. The smallest absolute Gasteiger partial charge is 0.126 e. The van der Waals surface area contributed by atoms with Crippen LogP contribution in [0.2, 0.25) is 0 Å². The average Bonchev–Trinajstić information content (AvgIpc) is 2.37. The van der Waals surface area contributed by atoms with Gasteiger partial charge in [-0.3, -0.25) is 0 Å². The van der Waals surface area contributed by atoms with E-state index in [0.29, 0.717) is 17.9 Å². The van der Waals surface area contributed by atoms with Crippen LogP contribution in [-0.2, 0) is 12.8 Å². The van der Waals surface area contributed by atoms with Crippen LogP contribution in [0.3, 0.4) is 0 Å². The fraction of sp³-hybridized carbons (Fsp3) is 0.333. The Hall–Kier alpha value is -1.74. The van der Waals surface area contributed by atoms with Crippen molar-refractivity contribution in [3.63, 3.8) is 0 Å². The highest BCUT2D eigenvalue weighted by Gasteiger charge is 2.09. The van der Waals surface area contributed by atoms with Gasteiger partial charge in [0.25, 0.3) is 0 Å². The Morgan fingerprint density at radius 1 is 0.857 bits per heavy atom. The van der Waals surface area contributed by atoms with Crippen molar-refractivity contribution in [1.82, 2.24) is 0 Å². The van der Waals surface area contributed by atoms with E-state index in [9.17, 15) is 13.9 Å². The number of hydrogen-bond acceptors (Lipinski definition) is 1. The maximum Gasteiger partial charge on any atom is 0.126 e. The van der Waals surface area contributed by atoms with Gasteiger partial charge in [-0.25, -0.2) is 8.78 Å². The van der Waals surface area contributed by atoms with Crippen molar-refractivity contribution in [2.75, 3.05) is 0 Å². The summed E-state index contributed by atoms with van der Waals surface area (Å²) in [5, 5.41) is 10.1. The van der Waals surface area contributed by atoms with Crippen LogP contribution in [0.15, 0.2) is 42.5 Å². The van der Waals surface area contributed by atoms with Crippen LogP contribution in [0.5, 0.6) is 0 Å². The second-order valence-electron chi connectivity index (χ2n) is 5.74. The van der Waals surface area contributed by atoms with Gasteiger partial charge >= 0.3 is 0 Å². The fourth-order valence-corrected chi connectivity index (χ4v) is 2.38. The van der Waals surface area contributed by atoms with Crippen molar-refractivity contribution < 1.29 is 13.9 Å². The Morgan fingerprint density at radius 2 is 1.38 bits per heavy atom. The third-order valence-corrected chi connectivity index (χ3v) is 3.51. The van der Waals surface area contributed by atoms with E-state index < -0.39 is 17.7 Å². The molecule has 2 rings (SSSR count). The highest BCUT2D eigenvalue weighted by atomic mass is 19.1. The minimum Gasteiger partial charge on any atom is -0.392 e. The molecule has 0 aromatic heterocycles. The lowest BCUT2D eigenvalue weighted by Gasteiger charge is -2.12. The zero-order chi connectivity index (χ0) is 15.4. The summed E-state index contributed by atoms with van der Waals surface area (Å²) < 4.78 is 26.2. The Bertz CT molecular complexity index is 570. The summed E-state index contributed by atoms with van der Waals surface area (Å²) in [6.07, 6.45) is 0.0491. The van der Waals surface area contributed by atoms with E-state index in [1.807, 2.05) is 12.1 Å². The first kappa shape index (κ1) is 15.6. The molecule has 1 nitrogen and oxygen atoms in total. The monoisotopic (exact) mass is 290 g/mol. The number of hydrogen-bond donors (Lipinski definition) is 1. The molecular weight excluding hydrogens is 270 g/mol. The first-order valence-electron chi connectivity index (χ1n) is 7.16. The molecule has 0 bridgehead atoms. The van der Waals surface area contributed by atoms with E-state index in [0.717, 1.165) is 11.6 Å². The number of rotatable bonds is 5. The zero-order valence-corrected chi connectivity index (χ0v) is 12.3. The van der Waals surface area contributed by atoms with E-state index in [1.165, 1.54) is 17.7 Å². The summed E-state index contributed by atoms with van der Waals surface area (Å²) in [7, 11) is 0. The lowest BCUT2D eigenvalue weighted by molar-refractivity contribution is 0.175. The molecule has 0 amide bonds. The van der Waals surface area contributed by atoms with E-state index in [1.54, 1.807) is 0 Å². The van der Waals surface area contributed by atoms with Gasteiger partial charge < -0.3 is 5.11 Å². The van der Waals surface area contributed by atoms with E-state index >= 15 is 0 Å². The molecule has 2 aromatic rings. The van der Waals surface area contributed by atoms with Crippen LogP contribution in [0, 0.1) is 11.6 Å². The van der Waals surface area contributed by atoms with Crippen molar-refractivity contribution in [2.45, 2.75) is 38.7 Å². The molecule has 2 aromatic carbocycles. The van der Waals surface area contributed by atoms with Crippen LogP contribution in [-0.4, -0.2) is 11.2 Å². The molecule has 0 aliphatic rings. The average molecular weight is 290 g/mol. The molecule has 21 heavy (non-hydrogen) atoms. The number of benzene rings is 2. The highest BCUT2D eigenvalue weighted by Crippen LogP contribution is 2.17. The van der Waals surface area contributed by atoms with Crippen molar-refractivity contribution in [3.05, 3.63) is 70.8 Å². The maximum atomic E-state index is 13.1. The van der Waals surface area contributed by atoms with Gasteiger partial charge in [0.1, 0.15) is 11.6 Å². The molecule has 0 saturated heterocycles. The van der Waals surface area contributed by atoms with Crippen molar-refractivity contribution >= 4 is 0 Å². The Labute approximate surface area is 124 Å². The van der Waals surface area contributed by atoms with Crippen LogP contribution in [0.4, 0.5) is 8.78 Å². The van der Waals surface area contributed by atoms with Crippen LogP contribution in [0.1, 0.15) is 36.5 Å². The minimum atomic E-state index is -0.656. The predicted octanol–water partition coefficient (Wildman–Crippen LogP) is 4.23. The summed E-state index contributed by atoms with van der Waals surface area (Å²) >= 11 is 0. The number of aliphatic hydroxyl groups is 1. The number of aliphatic hydroxyl groups excluding tert-OH is 1. The number of halogens is 2. The van der Waals surface area contributed by atoms with Crippen molar-refractivity contribution in [3.8, 4) is 0 Å². The minimum absolute atomic E-state index is 0.237. The largest absolute Gasteiger partial charge is 0.392 e. The topological polar surface area (TPSA) is 20.2 Å². The third-order valence-electron chi connectivity index (χ3n) is 3.51. The summed E-state index contributed by atoms with van der Waals surface area (Å²) in [5.74, 6) is -0.754. The normalized spacial score (nSPS) is 12.7. The molecule has 0 heterocycles. The summed E-state index contributed by atoms with van der Waals surface area (Å²) in [6.45, 7) is 4.25. The van der Waals surface area contributed by atoms with Crippen LogP contribution >= 0.6 is 0 Å². The van der Waals surface area contributed by atoms with Crippen LogP contribution < -0.4 is 0 Å². The standard InChI is InChI=1S/C18H20F2O/c1-12(2)15-5-3-13(4-6-15)9-18(21)10-14-7-16(19)11-17(20)8-14/h3-8,11-12,18,21H,9-10H2,1-2H3. The van der Waals surface area contributed by atoms with E-state index in [4.69, 9.17) is 0 Å². The summed E-state index contributed by atoms with van der Waals surface area (Å²) in [6, 6.07) is 11.4. The van der Waals surface area contributed by atoms with Crippen molar-refractivity contribution in [1.29, 1.82) is 0 Å². The third kappa shape index (κ3) is 4.64. The predicted molar refractivity (Wildman–Crippen MR) is 80.3 cm³/mol. The second kappa shape index (κ2) is 6.81. The molecule has 0 radical (unpaired) electrons. The molecule has 0 fully saturated rings. The molecule has 112 valence electrons. The van der Waals surface area contributed by atoms with Gasteiger partial charge in [0.2, 0.25) is 0 Å². The zero-order valence-electron chi connectivity index (χ0n) is 12.3. The fourth-order valence-electron chi connectivity index (χ4n) is 2.38. The Balaban J connectivity index is 1.99. The van der Waals surface area contributed by atoms with Gasteiger partial charge in [0, 0.05) is 6.07 Å². The van der Waals surface area contributed by atoms with Gasteiger partial charge in [0.05, 0.1) is 6.10 Å². The quantitative estimate of drug-likeness (QED) is 0.873. The highest BCUT2D eigenvalue weighted by molar-refractivity contribution is 5.26. The molecule has 0 spiro atoms. The lowest BCUT2D eigenvalue weighted by Crippen LogP contribution is -2.14. The van der Waals surface area contributed by atoms with Gasteiger partial charge in [-0.05, 0) is 47.6 Å². The molecule has 0 aliphatic heterocycles. The SMILES string of the molecule is CC(C)c1ccc(CC(O)Cc2cc(F)cc(F)c2)cc1. The summed E-state index contributed by atoms with van der Waals surface area (Å²) in [4.78, 5) is 0. The lowest BCUT2D eigenvalue weighted by atomic mass is 9.97. The molecule has 0 aliphatic carbocycles. The van der Waals surface area contributed by atoms with E-state index in [2.05, 4.69) is 26.0 Å². The van der Waals surface area contributed by atoms with Gasteiger partial charge in [-0.1, -0.05) is 38.1 Å². The van der Waals surface area contributed by atoms with Crippen LogP contribution in [0.25, 0.3) is 0 Å². The maximum absolute atomic E-state index is 13.1. The second-order valence-corrected chi connectivity index (χ2v) is 5.74. The molecule has 1 atom stereocenters. The first-order chi connectivity index (χ1) is 9.94. The molecule has 3 heteroatoms. The Kier molecular flexibility index (Phi) is 5.07. The molecule has 0 saturated carbocycles. The summed E-state index contributed by atoms with van der Waals surface area (Å²) in [5.41, 5.74) is 2.74. The van der Waals surface area contributed by atoms with Gasteiger partial charge in [-0.15, -0.1) is 0 Å². The van der Waals surface area contributed by atoms with Crippen molar-refractivity contribution in [2.24, 2.45) is 0 Å².